The van der Waals surface area contributed by atoms with Crippen LogP contribution in [-0.4, -0.2) is 23.2 Å². The fourth-order valence-electron chi connectivity index (χ4n) is 0.763. The van der Waals surface area contributed by atoms with Crippen LogP contribution in [0.25, 0.3) is 0 Å². The van der Waals surface area contributed by atoms with Crippen molar-refractivity contribution in [1.82, 2.24) is 4.90 Å². The van der Waals surface area contributed by atoms with Gasteiger partial charge in [0.15, 0.2) is 0 Å². The minimum Gasteiger partial charge on any atom is -0.395 e. The normalized spacial score (nSPS) is 15.9. The van der Waals surface area contributed by atoms with Crippen LogP contribution < -0.4 is 0 Å². The lowest BCUT2D eigenvalue weighted by molar-refractivity contribution is 0.263. The number of rotatable bonds is 2. The van der Waals surface area contributed by atoms with Crippen LogP contribution in [0.15, 0.2) is 36.7 Å². The number of aliphatic hydroxyl groups is 1. The van der Waals surface area contributed by atoms with Gasteiger partial charge < -0.3 is 10.0 Å². The summed E-state index contributed by atoms with van der Waals surface area (Å²) in [6, 6.07) is 0. The Morgan fingerprint density at radius 2 is 1.60 bits per heavy atom. The SMILES string of the molecule is OCCN1C=CC=CC=C1. The van der Waals surface area contributed by atoms with Crippen molar-refractivity contribution in [2.45, 2.75) is 0 Å². The maximum atomic E-state index is 8.58. The second-order valence-electron chi connectivity index (χ2n) is 2.03. The van der Waals surface area contributed by atoms with Crippen molar-refractivity contribution in [3.05, 3.63) is 36.7 Å². The summed E-state index contributed by atoms with van der Waals surface area (Å²) in [5, 5.41) is 8.58. The zero-order chi connectivity index (χ0) is 7.23. The second kappa shape index (κ2) is 3.90. The first kappa shape index (κ1) is 7.09. The van der Waals surface area contributed by atoms with E-state index in [0.29, 0.717) is 6.54 Å². The lowest BCUT2D eigenvalue weighted by Gasteiger charge is -2.11. The number of aliphatic hydroxyl groups excluding tert-OH is 1. The van der Waals surface area contributed by atoms with Crippen LogP contribution in [0.5, 0.6) is 0 Å². The Balaban J connectivity index is 2.46. The summed E-state index contributed by atoms with van der Waals surface area (Å²) >= 11 is 0. The van der Waals surface area contributed by atoms with Crippen LogP contribution in [0.4, 0.5) is 0 Å². The third-order valence-corrected chi connectivity index (χ3v) is 1.25. The number of allylic oxidation sites excluding steroid dienone is 4. The highest BCUT2D eigenvalue weighted by molar-refractivity contribution is 5.15. The largest absolute Gasteiger partial charge is 0.395 e. The summed E-state index contributed by atoms with van der Waals surface area (Å²) in [4.78, 5) is 1.93. The van der Waals surface area contributed by atoms with Gasteiger partial charge in [0.1, 0.15) is 0 Å². The van der Waals surface area contributed by atoms with E-state index in [1.807, 2.05) is 41.6 Å². The van der Waals surface area contributed by atoms with Gasteiger partial charge >= 0.3 is 0 Å². The van der Waals surface area contributed by atoms with Gasteiger partial charge in [0.2, 0.25) is 0 Å². The Bertz CT molecular complexity index is 154. The number of hydrogen-bond donors (Lipinski definition) is 1. The molecule has 1 heterocycles. The van der Waals surface area contributed by atoms with Gasteiger partial charge in [0.05, 0.1) is 6.61 Å². The Morgan fingerprint density at radius 3 is 2.10 bits per heavy atom. The summed E-state index contributed by atoms with van der Waals surface area (Å²) in [6.45, 7) is 0.851. The minimum atomic E-state index is 0.189. The van der Waals surface area contributed by atoms with E-state index < -0.39 is 0 Å². The molecule has 0 aliphatic carbocycles. The molecule has 1 N–H and O–H groups in total. The maximum Gasteiger partial charge on any atom is 0.0610 e. The number of hydrogen-bond acceptors (Lipinski definition) is 2. The van der Waals surface area contributed by atoms with Crippen molar-refractivity contribution in [1.29, 1.82) is 0 Å². The van der Waals surface area contributed by atoms with Crippen LogP contribution in [0.1, 0.15) is 0 Å². The van der Waals surface area contributed by atoms with Crippen LogP contribution in [0.3, 0.4) is 0 Å². The average molecular weight is 137 g/mol. The maximum absolute atomic E-state index is 8.58. The van der Waals surface area contributed by atoms with Crippen molar-refractivity contribution in [2.75, 3.05) is 13.2 Å². The lowest BCUT2D eigenvalue weighted by Crippen LogP contribution is -2.13. The van der Waals surface area contributed by atoms with Crippen molar-refractivity contribution in [2.24, 2.45) is 0 Å². The molecule has 2 nitrogen and oxygen atoms in total. The molecule has 10 heavy (non-hydrogen) atoms. The van der Waals surface area contributed by atoms with Crippen LogP contribution in [-0.2, 0) is 0 Å². The third-order valence-electron chi connectivity index (χ3n) is 1.25. The summed E-state index contributed by atoms with van der Waals surface area (Å²) in [6.07, 6.45) is 11.6. The topological polar surface area (TPSA) is 23.5 Å². The van der Waals surface area contributed by atoms with E-state index in [1.165, 1.54) is 0 Å². The van der Waals surface area contributed by atoms with E-state index in [-0.39, 0.29) is 6.61 Å². The van der Waals surface area contributed by atoms with Crippen LogP contribution in [0.2, 0.25) is 0 Å². The quantitative estimate of drug-likeness (QED) is 0.610. The minimum absolute atomic E-state index is 0.189. The molecule has 1 rings (SSSR count). The van der Waals surface area contributed by atoms with Gasteiger partial charge in [0.25, 0.3) is 0 Å². The molecule has 0 radical (unpaired) electrons. The van der Waals surface area contributed by atoms with E-state index in [2.05, 4.69) is 0 Å². The zero-order valence-electron chi connectivity index (χ0n) is 5.77. The average Bonchev–Trinajstić information content (AvgIpc) is 2.17. The molecule has 0 aromatic heterocycles. The molecule has 1 aliphatic heterocycles. The first-order valence-corrected chi connectivity index (χ1v) is 3.32. The number of β-amino-alcohol motifs (C(OH)–C–C–N with tert-alkyl or cyclic N) is 1. The van der Waals surface area contributed by atoms with E-state index in [0.717, 1.165) is 0 Å². The molecule has 54 valence electrons. The second-order valence-corrected chi connectivity index (χ2v) is 2.03. The monoisotopic (exact) mass is 137 g/mol. The van der Waals surface area contributed by atoms with E-state index >= 15 is 0 Å². The van der Waals surface area contributed by atoms with Gasteiger partial charge in [-0.15, -0.1) is 0 Å². The van der Waals surface area contributed by atoms with Gasteiger partial charge in [-0.1, -0.05) is 12.2 Å². The molecule has 1 aliphatic rings. The molecule has 0 amide bonds. The molecular formula is C8H11NO. The van der Waals surface area contributed by atoms with Gasteiger partial charge in [-0.25, -0.2) is 0 Å². The van der Waals surface area contributed by atoms with Crippen molar-refractivity contribution in [3.8, 4) is 0 Å². The smallest absolute Gasteiger partial charge is 0.0610 e. The van der Waals surface area contributed by atoms with Crippen molar-refractivity contribution < 1.29 is 5.11 Å². The summed E-state index contributed by atoms with van der Waals surface area (Å²) < 4.78 is 0. The van der Waals surface area contributed by atoms with Crippen LogP contribution in [0, 0.1) is 0 Å². The van der Waals surface area contributed by atoms with Gasteiger partial charge in [0, 0.05) is 18.9 Å². The predicted molar refractivity (Wildman–Crippen MR) is 41.2 cm³/mol. The Hall–Kier alpha value is -1.02. The molecule has 0 saturated heterocycles. The third kappa shape index (κ3) is 2.07. The molecule has 0 bridgehead atoms. The Morgan fingerprint density at radius 1 is 1.00 bits per heavy atom. The highest BCUT2D eigenvalue weighted by Crippen LogP contribution is 1.96. The molecular weight excluding hydrogens is 126 g/mol. The van der Waals surface area contributed by atoms with E-state index in [4.69, 9.17) is 5.11 Å². The number of nitrogens with zero attached hydrogens (tertiary/aromatic N) is 1. The summed E-state index contributed by atoms with van der Waals surface area (Å²) in [5.74, 6) is 0. The highest BCUT2D eigenvalue weighted by Gasteiger charge is 1.90. The first-order chi connectivity index (χ1) is 4.93. The van der Waals surface area contributed by atoms with Gasteiger partial charge in [-0.05, 0) is 12.2 Å². The molecule has 0 atom stereocenters. The van der Waals surface area contributed by atoms with Crippen LogP contribution >= 0.6 is 0 Å². The Kier molecular flexibility index (Phi) is 2.77. The fraction of sp³-hybridized carbons (Fsp3) is 0.250. The Labute approximate surface area is 60.8 Å². The molecule has 0 saturated carbocycles. The predicted octanol–water partition coefficient (Wildman–Crippen LogP) is 0.878. The molecule has 0 unspecified atom stereocenters. The molecule has 0 aromatic rings. The van der Waals surface area contributed by atoms with Gasteiger partial charge in [-0.3, -0.25) is 0 Å². The van der Waals surface area contributed by atoms with Gasteiger partial charge in [-0.2, -0.15) is 0 Å². The van der Waals surface area contributed by atoms with E-state index in [1.54, 1.807) is 0 Å². The lowest BCUT2D eigenvalue weighted by atomic mass is 10.5. The molecule has 0 fully saturated rings. The molecule has 0 spiro atoms. The summed E-state index contributed by atoms with van der Waals surface area (Å²) in [7, 11) is 0. The zero-order valence-corrected chi connectivity index (χ0v) is 5.77. The first-order valence-electron chi connectivity index (χ1n) is 3.32. The molecule has 2 heteroatoms. The van der Waals surface area contributed by atoms with E-state index in [9.17, 15) is 0 Å². The van der Waals surface area contributed by atoms with Crippen molar-refractivity contribution in [3.63, 3.8) is 0 Å². The molecule has 0 aromatic carbocycles. The van der Waals surface area contributed by atoms with Crippen molar-refractivity contribution >= 4 is 0 Å². The standard InChI is InChI=1S/C8H11NO/c10-8-7-9-5-3-1-2-4-6-9/h1-6,10H,7-8H2. The highest BCUT2D eigenvalue weighted by atomic mass is 16.3. The fourth-order valence-corrected chi connectivity index (χ4v) is 0.763. The summed E-state index contributed by atoms with van der Waals surface area (Å²) in [5.41, 5.74) is 0.